The SMILES string of the molecule is c1cnc2c(OCCNCC3CCCC3)cccc2c1. The first-order valence-corrected chi connectivity index (χ1v) is 7.61. The van der Waals surface area contributed by atoms with E-state index in [9.17, 15) is 0 Å². The molecule has 0 saturated heterocycles. The Balaban J connectivity index is 1.47. The number of aromatic nitrogens is 1. The van der Waals surface area contributed by atoms with Crippen LogP contribution in [0.4, 0.5) is 0 Å². The minimum atomic E-state index is 0.697. The third kappa shape index (κ3) is 3.28. The lowest BCUT2D eigenvalue weighted by molar-refractivity contribution is 0.311. The number of para-hydroxylation sites is 1. The first-order chi connectivity index (χ1) is 9.93. The minimum Gasteiger partial charge on any atom is -0.490 e. The topological polar surface area (TPSA) is 34.1 Å². The molecule has 1 aliphatic rings. The van der Waals surface area contributed by atoms with Crippen LogP contribution < -0.4 is 10.1 Å². The average molecular weight is 270 g/mol. The van der Waals surface area contributed by atoms with Crippen molar-refractivity contribution in [1.29, 1.82) is 0 Å². The van der Waals surface area contributed by atoms with Crippen molar-refractivity contribution < 1.29 is 4.74 Å². The fourth-order valence-electron chi connectivity index (χ4n) is 2.95. The molecule has 0 atom stereocenters. The van der Waals surface area contributed by atoms with Crippen LogP contribution in [0.25, 0.3) is 10.9 Å². The van der Waals surface area contributed by atoms with Gasteiger partial charge in [0.05, 0.1) is 0 Å². The summed E-state index contributed by atoms with van der Waals surface area (Å²) in [5.41, 5.74) is 0.950. The van der Waals surface area contributed by atoms with Crippen molar-refractivity contribution in [2.75, 3.05) is 19.7 Å². The lowest BCUT2D eigenvalue weighted by atomic mass is 10.1. The van der Waals surface area contributed by atoms with Crippen LogP contribution in [-0.2, 0) is 0 Å². The van der Waals surface area contributed by atoms with Crippen LogP contribution in [0.1, 0.15) is 25.7 Å². The summed E-state index contributed by atoms with van der Waals surface area (Å²) >= 11 is 0. The molecule has 0 radical (unpaired) electrons. The fourth-order valence-corrected chi connectivity index (χ4v) is 2.95. The first-order valence-electron chi connectivity index (χ1n) is 7.61. The van der Waals surface area contributed by atoms with E-state index in [0.717, 1.165) is 35.7 Å². The van der Waals surface area contributed by atoms with Crippen molar-refractivity contribution >= 4 is 10.9 Å². The number of nitrogens with zero attached hydrogens (tertiary/aromatic N) is 1. The van der Waals surface area contributed by atoms with Crippen molar-refractivity contribution in [3.8, 4) is 5.75 Å². The van der Waals surface area contributed by atoms with Crippen LogP contribution in [0.3, 0.4) is 0 Å². The average Bonchev–Trinajstić information content (AvgIpc) is 3.00. The van der Waals surface area contributed by atoms with Gasteiger partial charge in [-0.2, -0.15) is 0 Å². The largest absolute Gasteiger partial charge is 0.490 e. The molecule has 0 amide bonds. The molecule has 1 aromatic heterocycles. The summed E-state index contributed by atoms with van der Waals surface area (Å²) in [6.45, 7) is 2.74. The molecule has 1 aromatic carbocycles. The second kappa shape index (κ2) is 6.71. The van der Waals surface area contributed by atoms with Gasteiger partial charge in [-0.25, -0.2) is 0 Å². The van der Waals surface area contributed by atoms with Gasteiger partial charge in [0.25, 0.3) is 0 Å². The highest BCUT2D eigenvalue weighted by molar-refractivity contribution is 5.84. The number of pyridine rings is 1. The smallest absolute Gasteiger partial charge is 0.145 e. The molecule has 1 heterocycles. The second-order valence-electron chi connectivity index (χ2n) is 5.53. The van der Waals surface area contributed by atoms with Gasteiger partial charge in [-0.05, 0) is 37.4 Å². The van der Waals surface area contributed by atoms with E-state index < -0.39 is 0 Å². The van der Waals surface area contributed by atoms with Crippen molar-refractivity contribution in [3.63, 3.8) is 0 Å². The van der Waals surface area contributed by atoms with Crippen molar-refractivity contribution in [1.82, 2.24) is 10.3 Å². The predicted molar refractivity (Wildman–Crippen MR) is 82.1 cm³/mol. The summed E-state index contributed by atoms with van der Waals surface area (Å²) in [7, 11) is 0. The molecule has 1 aliphatic carbocycles. The summed E-state index contributed by atoms with van der Waals surface area (Å²) in [5, 5.41) is 4.63. The highest BCUT2D eigenvalue weighted by atomic mass is 16.5. The molecule has 0 unspecified atom stereocenters. The molecule has 3 nitrogen and oxygen atoms in total. The van der Waals surface area contributed by atoms with E-state index in [2.05, 4.69) is 22.4 Å². The van der Waals surface area contributed by atoms with E-state index in [0.29, 0.717) is 6.61 Å². The van der Waals surface area contributed by atoms with Crippen LogP contribution in [-0.4, -0.2) is 24.7 Å². The number of hydrogen-bond donors (Lipinski definition) is 1. The van der Waals surface area contributed by atoms with Gasteiger partial charge in [0.15, 0.2) is 0 Å². The van der Waals surface area contributed by atoms with E-state index in [1.54, 1.807) is 0 Å². The number of rotatable bonds is 6. The van der Waals surface area contributed by atoms with Crippen LogP contribution in [0, 0.1) is 5.92 Å². The Kier molecular flexibility index (Phi) is 4.49. The molecule has 1 N–H and O–H groups in total. The maximum absolute atomic E-state index is 5.86. The van der Waals surface area contributed by atoms with Gasteiger partial charge in [0, 0.05) is 18.1 Å². The standard InChI is InChI=1S/C17H22N2O/c1-2-6-14(5-1)13-18-11-12-20-16-9-3-7-15-8-4-10-19-17(15)16/h3-4,7-10,14,18H,1-2,5-6,11-13H2. The summed E-state index contributed by atoms with van der Waals surface area (Å²) in [6, 6.07) is 10.1. The van der Waals surface area contributed by atoms with E-state index >= 15 is 0 Å². The third-order valence-corrected chi connectivity index (χ3v) is 4.04. The van der Waals surface area contributed by atoms with Crippen LogP contribution in [0.15, 0.2) is 36.5 Å². The summed E-state index contributed by atoms with van der Waals surface area (Å²) in [5.74, 6) is 1.76. The zero-order valence-electron chi connectivity index (χ0n) is 11.8. The summed E-state index contributed by atoms with van der Waals surface area (Å²) in [6.07, 6.45) is 7.41. The second-order valence-corrected chi connectivity index (χ2v) is 5.53. The Morgan fingerprint density at radius 2 is 2.00 bits per heavy atom. The van der Waals surface area contributed by atoms with Crippen LogP contribution in [0.5, 0.6) is 5.75 Å². The Morgan fingerprint density at radius 1 is 1.15 bits per heavy atom. The van der Waals surface area contributed by atoms with Crippen LogP contribution >= 0.6 is 0 Å². The van der Waals surface area contributed by atoms with E-state index in [4.69, 9.17) is 4.74 Å². The lowest BCUT2D eigenvalue weighted by Crippen LogP contribution is -2.26. The Bertz CT molecular complexity index is 544. The molecule has 1 fully saturated rings. The van der Waals surface area contributed by atoms with Gasteiger partial charge in [0.1, 0.15) is 17.9 Å². The molecule has 0 spiro atoms. The number of ether oxygens (including phenoxy) is 1. The van der Waals surface area contributed by atoms with Gasteiger partial charge in [-0.3, -0.25) is 4.98 Å². The maximum atomic E-state index is 5.86. The molecular formula is C17H22N2O. The first kappa shape index (κ1) is 13.4. The van der Waals surface area contributed by atoms with Gasteiger partial charge in [-0.1, -0.05) is 31.0 Å². The number of hydrogen-bond acceptors (Lipinski definition) is 3. The molecule has 20 heavy (non-hydrogen) atoms. The predicted octanol–water partition coefficient (Wildman–Crippen LogP) is 3.39. The van der Waals surface area contributed by atoms with Gasteiger partial charge < -0.3 is 10.1 Å². The molecule has 2 aromatic rings. The quantitative estimate of drug-likeness (QED) is 0.817. The molecule has 0 bridgehead atoms. The highest BCUT2D eigenvalue weighted by Gasteiger charge is 2.13. The monoisotopic (exact) mass is 270 g/mol. The van der Waals surface area contributed by atoms with Crippen molar-refractivity contribution in [2.45, 2.75) is 25.7 Å². The Morgan fingerprint density at radius 3 is 2.90 bits per heavy atom. The zero-order valence-corrected chi connectivity index (χ0v) is 11.8. The van der Waals surface area contributed by atoms with Crippen molar-refractivity contribution in [2.24, 2.45) is 5.92 Å². The number of benzene rings is 1. The fraction of sp³-hybridized carbons (Fsp3) is 0.471. The number of fused-ring (bicyclic) bond motifs is 1. The number of nitrogens with one attached hydrogen (secondary N) is 1. The normalized spacial score (nSPS) is 15.8. The maximum Gasteiger partial charge on any atom is 0.145 e. The van der Waals surface area contributed by atoms with Crippen molar-refractivity contribution in [3.05, 3.63) is 36.5 Å². The van der Waals surface area contributed by atoms with Gasteiger partial charge >= 0.3 is 0 Å². The zero-order chi connectivity index (χ0) is 13.6. The highest BCUT2D eigenvalue weighted by Crippen LogP contribution is 2.24. The third-order valence-electron chi connectivity index (χ3n) is 4.04. The lowest BCUT2D eigenvalue weighted by Gasteiger charge is -2.12. The van der Waals surface area contributed by atoms with E-state index in [1.807, 2.05) is 24.4 Å². The Labute approximate surface area is 120 Å². The molecule has 106 valence electrons. The van der Waals surface area contributed by atoms with E-state index in [-0.39, 0.29) is 0 Å². The van der Waals surface area contributed by atoms with Gasteiger partial charge in [0.2, 0.25) is 0 Å². The summed E-state index contributed by atoms with van der Waals surface area (Å²) < 4.78 is 5.86. The Hall–Kier alpha value is -1.61. The molecule has 0 aliphatic heterocycles. The molecule has 3 rings (SSSR count). The molecular weight excluding hydrogens is 248 g/mol. The summed E-state index contributed by atoms with van der Waals surface area (Å²) in [4.78, 5) is 4.40. The van der Waals surface area contributed by atoms with E-state index in [1.165, 1.54) is 25.7 Å². The molecule has 1 saturated carbocycles. The van der Waals surface area contributed by atoms with Gasteiger partial charge in [-0.15, -0.1) is 0 Å². The molecule has 3 heteroatoms. The van der Waals surface area contributed by atoms with Crippen LogP contribution in [0.2, 0.25) is 0 Å². The minimum absolute atomic E-state index is 0.697.